The van der Waals surface area contributed by atoms with Gasteiger partial charge in [-0.2, -0.15) is 9.41 Å². The predicted octanol–water partition coefficient (Wildman–Crippen LogP) is 3.50. The van der Waals surface area contributed by atoms with Crippen LogP contribution >= 0.6 is 11.6 Å². The number of sulfonamides is 1. The van der Waals surface area contributed by atoms with E-state index >= 15 is 0 Å². The number of hydrazone groups is 1. The molecule has 178 valence electrons. The molecule has 0 bridgehead atoms. The maximum absolute atomic E-state index is 13.0. The van der Waals surface area contributed by atoms with Crippen molar-refractivity contribution in [2.24, 2.45) is 5.10 Å². The Hall–Kier alpha value is -2.62. The summed E-state index contributed by atoms with van der Waals surface area (Å²) in [5.74, 6) is 0.158. The number of halogens is 1. The van der Waals surface area contributed by atoms with Gasteiger partial charge in [0.2, 0.25) is 10.0 Å². The van der Waals surface area contributed by atoms with E-state index in [4.69, 9.17) is 16.3 Å². The molecule has 1 aliphatic heterocycles. The zero-order valence-electron chi connectivity index (χ0n) is 19.0. The van der Waals surface area contributed by atoms with Crippen molar-refractivity contribution in [2.45, 2.75) is 37.6 Å². The van der Waals surface area contributed by atoms with Crippen LogP contribution in [0.15, 0.2) is 52.5 Å². The highest BCUT2D eigenvalue weighted by Gasteiger charge is 2.39. The summed E-state index contributed by atoms with van der Waals surface area (Å²) in [6.07, 6.45) is 2.51. The number of rotatable bonds is 9. The van der Waals surface area contributed by atoms with Gasteiger partial charge in [0.15, 0.2) is 0 Å². The van der Waals surface area contributed by atoms with E-state index in [-0.39, 0.29) is 11.4 Å². The van der Waals surface area contributed by atoms with Crippen molar-refractivity contribution in [3.8, 4) is 5.75 Å². The normalized spacial score (nSPS) is 16.8. The molecule has 1 saturated heterocycles. The first-order chi connectivity index (χ1) is 15.8. The quantitative estimate of drug-likeness (QED) is 0.427. The highest BCUT2D eigenvalue weighted by atomic mass is 35.5. The SMILES string of the molecule is CCN(CC)c1ccc(/C=N\NC(=O)[C@@H]2CCCN2S(=O)(=O)c2ccc(Cl)cc2)c(OC)c1. The predicted molar refractivity (Wildman–Crippen MR) is 131 cm³/mol. The fraction of sp³-hybridized carbons (Fsp3) is 0.391. The molecule has 3 rings (SSSR count). The van der Waals surface area contributed by atoms with Crippen molar-refractivity contribution >= 4 is 39.4 Å². The average molecular weight is 493 g/mol. The molecule has 8 nitrogen and oxygen atoms in total. The molecule has 1 atom stereocenters. The minimum Gasteiger partial charge on any atom is -0.496 e. The summed E-state index contributed by atoms with van der Waals surface area (Å²) in [6, 6.07) is 10.9. The largest absolute Gasteiger partial charge is 0.496 e. The van der Waals surface area contributed by atoms with Crippen molar-refractivity contribution < 1.29 is 17.9 Å². The Kier molecular flexibility index (Phi) is 8.34. The minimum absolute atomic E-state index is 0.105. The van der Waals surface area contributed by atoms with E-state index in [0.29, 0.717) is 29.2 Å². The van der Waals surface area contributed by atoms with Crippen molar-refractivity contribution in [1.82, 2.24) is 9.73 Å². The van der Waals surface area contributed by atoms with Crippen LogP contribution in [0.4, 0.5) is 5.69 Å². The van der Waals surface area contributed by atoms with Gasteiger partial charge < -0.3 is 9.64 Å². The summed E-state index contributed by atoms with van der Waals surface area (Å²) in [5, 5.41) is 4.50. The van der Waals surface area contributed by atoms with Crippen LogP contribution in [0.1, 0.15) is 32.3 Å². The molecule has 2 aromatic rings. The number of nitrogens with one attached hydrogen (secondary N) is 1. The minimum atomic E-state index is -3.82. The van der Waals surface area contributed by atoms with Gasteiger partial charge in [-0.3, -0.25) is 4.79 Å². The van der Waals surface area contributed by atoms with Gasteiger partial charge in [0, 0.05) is 42.0 Å². The van der Waals surface area contributed by atoms with Gasteiger partial charge in [-0.25, -0.2) is 13.8 Å². The van der Waals surface area contributed by atoms with Crippen molar-refractivity contribution in [3.63, 3.8) is 0 Å². The first kappa shape index (κ1) is 25.0. The van der Waals surface area contributed by atoms with E-state index in [1.54, 1.807) is 7.11 Å². The molecule has 2 aromatic carbocycles. The summed E-state index contributed by atoms with van der Waals surface area (Å²) >= 11 is 5.87. The smallest absolute Gasteiger partial charge is 0.258 e. The third kappa shape index (κ3) is 5.66. The van der Waals surface area contributed by atoms with Crippen LogP contribution in [0.3, 0.4) is 0 Å². The molecule has 0 spiro atoms. The second-order valence-electron chi connectivity index (χ2n) is 7.56. The van der Waals surface area contributed by atoms with Crippen molar-refractivity contribution in [3.05, 3.63) is 53.1 Å². The Morgan fingerprint density at radius 1 is 1.24 bits per heavy atom. The van der Waals surface area contributed by atoms with Crippen LogP contribution < -0.4 is 15.1 Å². The first-order valence-electron chi connectivity index (χ1n) is 10.8. The second-order valence-corrected chi connectivity index (χ2v) is 9.89. The third-order valence-corrected chi connectivity index (χ3v) is 7.82. The number of nitrogens with zero attached hydrogens (tertiary/aromatic N) is 3. The van der Waals surface area contributed by atoms with Crippen LogP contribution in [0, 0.1) is 0 Å². The molecule has 1 amide bonds. The van der Waals surface area contributed by atoms with E-state index < -0.39 is 22.0 Å². The van der Waals surface area contributed by atoms with Crippen LogP contribution in [0.5, 0.6) is 5.75 Å². The number of carbonyl (C=O) groups excluding carboxylic acids is 1. The number of benzene rings is 2. The summed E-state index contributed by atoms with van der Waals surface area (Å²) < 4.78 is 32.7. The summed E-state index contributed by atoms with van der Waals surface area (Å²) in [5.41, 5.74) is 4.22. The molecule has 0 aromatic heterocycles. The Bertz CT molecular complexity index is 1100. The summed E-state index contributed by atoms with van der Waals surface area (Å²) in [6.45, 7) is 6.19. The lowest BCUT2D eigenvalue weighted by Crippen LogP contribution is -2.44. The Balaban J connectivity index is 1.71. The number of anilines is 1. The molecule has 1 fully saturated rings. The van der Waals surface area contributed by atoms with Gasteiger partial charge in [-0.1, -0.05) is 11.6 Å². The summed E-state index contributed by atoms with van der Waals surface area (Å²) in [7, 11) is -2.24. The Labute approximate surface area is 200 Å². The molecule has 1 N–H and O–H groups in total. The summed E-state index contributed by atoms with van der Waals surface area (Å²) in [4.78, 5) is 15.1. The number of hydrogen-bond donors (Lipinski definition) is 1. The maximum Gasteiger partial charge on any atom is 0.258 e. The van der Waals surface area contributed by atoms with Gasteiger partial charge >= 0.3 is 0 Å². The van der Waals surface area contributed by atoms with Gasteiger partial charge in [-0.05, 0) is 63.1 Å². The molecule has 10 heteroatoms. The average Bonchev–Trinajstić information content (AvgIpc) is 3.32. The number of ether oxygens (including phenoxy) is 1. The van der Waals surface area contributed by atoms with E-state index in [0.717, 1.165) is 18.8 Å². The lowest BCUT2D eigenvalue weighted by atomic mass is 10.2. The zero-order valence-corrected chi connectivity index (χ0v) is 20.6. The first-order valence-corrected chi connectivity index (χ1v) is 12.7. The standard InChI is InChI=1S/C23H29ClN4O4S/c1-4-27(5-2)19-11-8-17(22(15-19)32-3)16-25-26-23(29)21-7-6-14-28(21)33(30,31)20-12-9-18(24)10-13-20/h8-13,15-16,21H,4-7,14H2,1-3H3,(H,26,29)/b25-16-/t21-/m0/s1. The second kappa shape index (κ2) is 11.0. The fourth-order valence-electron chi connectivity index (χ4n) is 3.86. The zero-order chi connectivity index (χ0) is 24.0. The topological polar surface area (TPSA) is 91.3 Å². The van der Waals surface area contributed by atoms with Crippen LogP contribution in [0.2, 0.25) is 5.02 Å². The third-order valence-electron chi connectivity index (χ3n) is 5.65. The molecule has 0 radical (unpaired) electrons. The maximum atomic E-state index is 13.0. The monoisotopic (exact) mass is 492 g/mol. The Morgan fingerprint density at radius 3 is 2.58 bits per heavy atom. The Morgan fingerprint density at radius 2 is 1.94 bits per heavy atom. The van der Waals surface area contributed by atoms with Crippen LogP contribution in [-0.4, -0.2) is 57.6 Å². The molecule has 0 saturated carbocycles. The molecule has 33 heavy (non-hydrogen) atoms. The lowest BCUT2D eigenvalue weighted by molar-refractivity contribution is -0.124. The number of methoxy groups -OCH3 is 1. The van der Waals surface area contributed by atoms with Gasteiger partial charge in [0.1, 0.15) is 11.8 Å². The number of carbonyl (C=O) groups is 1. The molecular weight excluding hydrogens is 464 g/mol. The van der Waals surface area contributed by atoms with Crippen molar-refractivity contribution in [2.75, 3.05) is 31.6 Å². The fourth-order valence-corrected chi connectivity index (χ4v) is 5.65. The van der Waals surface area contributed by atoms with Crippen LogP contribution in [-0.2, 0) is 14.8 Å². The molecule has 1 aliphatic rings. The van der Waals surface area contributed by atoms with E-state index in [2.05, 4.69) is 29.3 Å². The van der Waals surface area contributed by atoms with Gasteiger partial charge in [0.05, 0.1) is 18.2 Å². The lowest BCUT2D eigenvalue weighted by Gasteiger charge is -2.22. The molecule has 1 heterocycles. The van der Waals surface area contributed by atoms with Crippen molar-refractivity contribution in [1.29, 1.82) is 0 Å². The molecule has 0 unspecified atom stereocenters. The van der Waals surface area contributed by atoms with Crippen LogP contribution in [0.25, 0.3) is 0 Å². The highest BCUT2D eigenvalue weighted by Crippen LogP contribution is 2.27. The van der Waals surface area contributed by atoms with E-state index in [1.165, 1.54) is 34.8 Å². The highest BCUT2D eigenvalue weighted by molar-refractivity contribution is 7.89. The number of amides is 1. The van der Waals surface area contributed by atoms with E-state index in [9.17, 15) is 13.2 Å². The molecular formula is C23H29ClN4O4S. The number of hydrogen-bond acceptors (Lipinski definition) is 6. The van der Waals surface area contributed by atoms with Gasteiger partial charge in [0.25, 0.3) is 5.91 Å². The van der Waals surface area contributed by atoms with Gasteiger partial charge in [-0.15, -0.1) is 0 Å². The van der Waals surface area contributed by atoms with E-state index in [1.807, 2.05) is 18.2 Å². The molecule has 0 aliphatic carbocycles.